The third-order valence-electron chi connectivity index (χ3n) is 2.97. The number of nitrogens with two attached hydrogens (primary N) is 1. The fourth-order valence-corrected chi connectivity index (χ4v) is 1.98. The van der Waals surface area contributed by atoms with Crippen molar-refractivity contribution in [3.8, 4) is 0 Å². The lowest BCUT2D eigenvalue weighted by molar-refractivity contribution is 0.0766. The van der Waals surface area contributed by atoms with Crippen LogP contribution in [0.3, 0.4) is 0 Å². The second kappa shape index (κ2) is 4.69. The number of aromatic nitrogens is 2. The molecule has 3 N–H and O–H groups in total. The second-order valence-corrected chi connectivity index (χ2v) is 3.97. The van der Waals surface area contributed by atoms with Crippen LogP contribution in [0.15, 0.2) is 42.7 Å². The zero-order chi connectivity index (χ0) is 12.3. The molecule has 1 aromatic carbocycles. The van der Waals surface area contributed by atoms with E-state index in [0.717, 1.165) is 12.1 Å². The van der Waals surface area contributed by atoms with E-state index in [1.165, 1.54) is 0 Å². The highest BCUT2D eigenvalue weighted by Crippen LogP contribution is 2.27. The van der Waals surface area contributed by atoms with E-state index in [4.69, 9.17) is 5.73 Å². The predicted molar refractivity (Wildman–Crippen MR) is 66.4 cm³/mol. The van der Waals surface area contributed by atoms with Gasteiger partial charge in [0, 0.05) is 25.5 Å². The number of aryl methyl sites for hydroxylation is 1. The van der Waals surface area contributed by atoms with Crippen LogP contribution in [0.25, 0.3) is 0 Å². The summed E-state index contributed by atoms with van der Waals surface area (Å²) < 4.78 is 1.90. The summed E-state index contributed by atoms with van der Waals surface area (Å²) in [5, 5.41) is 10.8. The van der Waals surface area contributed by atoms with Crippen LogP contribution in [0.1, 0.15) is 18.3 Å². The van der Waals surface area contributed by atoms with Crippen molar-refractivity contribution in [2.75, 3.05) is 6.54 Å². The molecule has 0 aliphatic carbocycles. The first-order chi connectivity index (χ1) is 8.22. The lowest BCUT2D eigenvalue weighted by Gasteiger charge is -2.27. The van der Waals surface area contributed by atoms with Crippen molar-refractivity contribution in [3.05, 3.63) is 54.1 Å². The molecule has 0 saturated carbocycles. The molecule has 1 aromatic heterocycles. The molecule has 0 aliphatic rings. The fourth-order valence-electron chi connectivity index (χ4n) is 1.98. The van der Waals surface area contributed by atoms with Crippen LogP contribution in [0, 0.1) is 0 Å². The molecule has 0 radical (unpaired) electrons. The second-order valence-electron chi connectivity index (χ2n) is 3.97. The number of benzene rings is 1. The van der Waals surface area contributed by atoms with Gasteiger partial charge < -0.3 is 15.4 Å². The minimum absolute atomic E-state index is 0.105. The molecule has 1 atom stereocenters. The van der Waals surface area contributed by atoms with Gasteiger partial charge >= 0.3 is 0 Å². The molecule has 0 fully saturated rings. The van der Waals surface area contributed by atoms with E-state index in [0.29, 0.717) is 5.82 Å². The number of imidazole rings is 1. The highest BCUT2D eigenvalue weighted by atomic mass is 16.3. The van der Waals surface area contributed by atoms with E-state index in [9.17, 15) is 5.11 Å². The molecular formula is C13H17N3O. The largest absolute Gasteiger partial charge is 0.376 e. The Morgan fingerprint density at radius 3 is 2.65 bits per heavy atom. The first kappa shape index (κ1) is 11.8. The van der Waals surface area contributed by atoms with Crippen LogP contribution < -0.4 is 5.73 Å². The number of aliphatic hydroxyl groups is 1. The van der Waals surface area contributed by atoms with Crippen molar-refractivity contribution in [3.63, 3.8) is 0 Å². The topological polar surface area (TPSA) is 64.1 Å². The van der Waals surface area contributed by atoms with Gasteiger partial charge in [-0.3, -0.25) is 0 Å². The van der Waals surface area contributed by atoms with Gasteiger partial charge in [0.15, 0.2) is 5.60 Å². The fraction of sp³-hybridized carbons (Fsp3) is 0.308. The molecule has 0 bridgehead atoms. The summed E-state index contributed by atoms with van der Waals surface area (Å²) in [6.07, 6.45) is 3.53. The van der Waals surface area contributed by atoms with Crippen LogP contribution in [-0.4, -0.2) is 21.2 Å². The summed E-state index contributed by atoms with van der Waals surface area (Å²) in [7, 11) is 0. The molecule has 1 heterocycles. The van der Waals surface area contributed by atoms with Gasteiger partial charge in [-0.05, 0) is 12.5 Å². The smallest absolute Gasteiger partial charge is 0.159 e. The normalized spacial score (nSPS) is 14.5. The zero-order valence-electron chi connectivity index (χ0n) is 9.87. The van der Waals surface area contributed by atoms with Crippen molar-refractivity contribution in [1.82, 2.24) is 9.55 Å². The van der Waals surface area contributed by atoms with Crippen molar-refractivity contribution < 1.29 is 5.11 Å². The quantitative estimate of drug-likeness (QED) is 0.828. The highest BCUT2D eigenvalue weighted by Gasteiger charge is 2.33. The third kappa shape index (κ3) is 1.97. The monoisotopic (exact) mass is 231 g/mol. The van der Waals surface area contributed by atoms with Crippen LogP contribution in [0.2, 0.25) is 0 Å². The summed E-state index contributed by atoms with van der Waals surface area (Å²) in [5.41, 5.74) is 5.30. The van der Waals surface area contributed by atoms with Gasteiger partial charge in [-0.1, -0.05) is 30.3 Å². The van der Waals surface area contributed by atoms with Crippen LogP contribution in [0.4, 0.5) is 0 Å². The molecule has 2 aromatic rings. The molecule has 0 spiro atoms. The lowest BCUT2D eigenvalue weighted by Crippen LogP contribution is -2.38. The number of hydrogen-bond donors (Lipinski definition) is 2. The Hall–Kier alpha value is -1.65. The Kier molecular flexibility index (Phi) is 3.26. The molecule has 1 unspecified atom stereocenters. The predicted octanol–water partition coefficient (Wildman–Crippen LogP) is 1.10. The Labute approximate surface area is 101 Å². The van der Waals surface area contributed by atoms with E-state index < -0.39 is 5.60 Å². The van der Waals surface area contributed by atoms with Crippen LogP contribution in [0.5, 0.6) is 0 Å². The molecule has 4 heteroatoms. The summed E-state index contributed by atoms with van der Waals surface area (Å²) in [4.78, 5) is 4.24. The number of hydrogen-bond acceptors (Lipinski definition) is 3. The van der Waals surface area contributed by atoms with E-state index in [2.05, 4.69) is 4.98 Å². The Bertz CT molecular complexity index is 480. The van der Waals surface area contributed by atoms with Crippen molar-refractivity contribution in [2.24, 2.45) is 5.73 Å². The van der Waals surface area contributed by atoms with E-state index in [1.807, 2.05) is 48.0 Å². The Morgan fingerprint density at radius 2 is 2.06 bits per heavy atom. The molecule has 90 valence electrons. The van der Waals surface area contributed by atoms with Crippen LogP contribution >= 0.6 is 0 Å². The maximum Gasteiger partial charge on any atom is 0.159 e. The lowest BCUT2D eigenvalue weighted by atomic mass is 9.93. The summed E-state index contributed by atoms with van der Waals surface area (Å²) >= 11 is 0. The van der Waals surface area contributed by atoms with Gasteiger partial charge in [-0.15, -0.1) is 0 Å². The average molecular weight is 231 g/mol. The van der Waals surface area contributed by atoms with Gasteiger partial charge in [0.25, 0.3) is 0 Å². The van der Waals surface area contributed by atoms with Crippen molar-refractivity contribution in [2.45, 2.75) is 19.1 Å². The van der Waals surface area contributed by atoms with E-state index in [-0.39, 0.29) is 6.54 Å². The molecule has 17 heavy (non-hydrogen) atoms. The van der Waals surface area contributed by atoms with Crippen LogP contribution in [-0.2, 0) is 12.1 Å². The number of nitrogens with zero attached hydrogens (tertiary/aromatic N) is 2. The Morgan fingerprint density at radius 1 is 1.35 bits per heavy atom. The van der Waals surface area contributed by atoms with Crippen molar-refractivity contribution in [1.29, 1.82) is 0 Å². The van der Waals surface area contributed by atoms with E-state index >= 15 is 0 Å². The van der Waals surface area contributed by atoms with Gasteiger partial charge in [-0.2, -0.15) is 0 Å². The highest BCUT2D eigenvalue weighted by molar-refractivity contribution is 5.30. The van der Waals surface area contributed by atoms with Gasteiger partial charge in [0.05, 0.1) is 0 Å². The number of rotatable bonds is 4. The maximum atomic E-state index is 10.8. The van der Waals surface area contributed by atoms with Gasteiger partial charge in [0.1, 0.15) is 5.82 Å². The molecule has 4 nitrogen and oxygen atoms in total. The molecular weight excluding hydrogens is 214 g/mol. The summed E-state index contributed by atoms with van der Waals surface area (Å²) in [6, 6.07) is 9.40. The van der Waals surface area contributed by atoms with Gasteiger partial charge in [-0.25, -0.2) is 4.98 Å². The first-order valence-corrected chi connectivity index (χ1v) is 5.72. The third-order valence-corrected chi connectivity index (χ3v) is 2.97. The summed E-state index contributed by atoms with van der Waals surface area (Å²) in [6.45, 7) is 2.87. The van der Waals surface area contributed by atoms with E-state index in [1.54, 1.807) is 6.20 Å². The van der Waals surface area contributed by atoms with Crippen molar-refractivity contribution >= 4 is 0 Å². The molecule has 0 amide bonds. The SMILES string of the molecule is CCn1ccnc1C(O)(CN)c1ccccc1. The molecule has 0 aliphatic heterocycles. The minimum atomic E-state index is -1.22. The maximum absolute atomic E-state index is 10.8. The van der Waals surface area contributed by atoms with Gasteiger partial charge in [0.2, 0.25) is 0 Å². The average Bonchev–Trinajstić information content (AvgIpc) is 2.87. The Balaban J connectivity index is 2.52. The first-order valence-electron chi connectivity index (χ1n) is 5.72. The zero-order valence-corrected chi connectivity index (χ0v) is 9.87. The standard InChI is InChI=1S/C13H17N3O/c1-2-16-9-8-15-12(16)13(17,10-14)11-6-4-3-5-7-11/h3-9,17H,2,10,14H2,1H3. The minimum Gasteiger partial charge on any atom is -0.376 e. The summed E-state index contributed by atoms with van der Waals surface area (Å²) in [5.74, 6) is 0.591. The molecule has 0 saturated heterocycles. The molecule has 2 rings (SSSR count).